The molecule has 1 aliphatic rings. The molecule has 19 heavy (non-hydrogen) atoms. The zero-order chi connectivity index (χ0) is 13.9. The van der Waals surface area contributed by atoms with Crippen molar-refractivity contribution in [1.29, 1.82) is 0 Å². The van der Waals surface area contributed by atoms with E-state index in [1.54, 1.807) is 6.07 Å². The van der Waals surface area contributed by atoms with Gasteiger partial charge in [-0.05, 0) is 44.5 Å². The van der Waals surface area contributed by atoms with E-state index in [0.29, 0.717) is 12.1 Å². The molecule has 0 aromatic heterocycles. The third kappa shape index (κ3) is 3.23. The molecule has 2 N–H and O–H groups in total. The molecule has 0 bridgehead atoms. The summed E-state index contributed by atoms with van der Waals surface area (Å²) in [6.45, 7) is 3.60. The molecule has 1 heterocycles. The van der Waals surface area contributed by atoms with Gasteiger partial charge in [0.1, 0.15) is 0 Å². The molecule has 1 unspecified atom stereocenters. The third-order valence-electron chi connectivity index (χ3n) is 3.51. The normalized spacial score (nSPS) is 22.3. The Balaban J connectivity index is 1.98. The number of nitrogens with one attached hydrogen (secondary N) is 2. The van der Waals surface area contributed by atoms with Gasteiger partial charge in [-0.3, -0.25) is 4.79 Å². The highest BCUT2D eigenvalue weighted by molar-refractivity contribution is 5.94. The van der Waals surface area contributed by atoms with Crippen molar-refractivity contribution in [2.75, 3.05) is 20.2 Å². The molecule has 1 aromatic carbocycles. The van der Waals surface area contributed by atoms with Crippen LogP contribution in [0.25, 0.3) is 0 Å². The lowest BCUT2D eigenvalue weighted by molar-refractivity contribution is 0.0942. The van der Waals surface area contributed by atoms with Crippen molar-refractivity contribution in [2.45, 2.75) is 25.3 Å². The summed E-state index contributed by atoms with van der Waals surface area (Å²) in [6.07, 6.45) is 2.15. The summed E-state index contributed by atoms with van der Waals surface area (Å²) in [5.74, 6) is -0.655. The molecule has 1 atom stereocenters. The van der Waals surface area contributed by atoms with Crippen molar-refractivity contribution in [3.8, 4) is 5.75 Å². The molecule has 4 nitrogen and oxygen atoms in total. The molecular weight excluding hydrogens is 247 g/mol. The minimum atomic E-state index is -0.527. The molecule has 0 aliphatic carbocycles. The fourth-order valence-corrected chi connectivity index (χ4v) is 2.29. The van der Waals surface area contributed by atoms with Crippen LogP contribution in [0.2, 0.25) is 0 Å². The molecule has 104 valence electrons. The number of hydrogen-bond donors (Lipinski definition) is 2. The molecule has 0 spiro atoms. The number of methoxy groups -OCH3 is 1. The number of halogens is 1. The van der Waals surface area contributed by atoms with Crippen molar-refractivity contribution < 1.29 is 13.9 Å². The Morgan fingerprint density at radius 2 is 2.37 bits per heavy atom. The van der Waals surface area contributed by atoms with Crippen LogP contribution < -0.4 is 15.4 Å². The SMILES string of the molecule is COc1ccc(C(=O)NCC2(C)CCCN2)cc1F. The first kappa shape index (κ1) is 13.8. The lowest BCUT2D eigenvalue weighted by Gasteiger charge is -2.24. The molecule has 0 saturated carbocycles. The second-order valence-corrected chi connectivity index (χ2v) is 5.12. The van der Waals surface area contributed by atoms with Crippen molar-refractivity contribution in [2.24, 2.45) is 0 Å². The van der Waals surface area contributed by atoms with Gasteiger partial charge in [0.05, 0.1) is 7.11 Å². The Labute approximate surface area is 112 Å². The van der Waals surface area contributed by atoms with Gasteiger partial charge in [0.25, 0.3) is 5.91 Å². The maximum atomic E-state index is 13.5. The Bertz CT molecular complexity index is 471. The second-order valence-electron chi connectivity index (χ2n) is 5.12. The fourth-order valence-electron chi connectivity index (χ4n) is 2.29. The van der Waals surface area contributed by atoms with E-state index in [2.05, 4.69) is 17.6 Å². The monoisotopic (exact) mass is 266 g/mol. The van der Waals surface area contributed by atoms with Crippen molar-refractivity contribution in [3.63, 3.8) is 0 Å². The van der Waals surface area contributed by atoms with Gasteiger partial charge in [-0.1, -0.05) is 0 Å². The van der Waals surface area contributed by atoms with E-state index in [1.165, 1.54) is 19.2 Å². The average molecular weight is 266 g/mol. The Hall–Kier alpha value is -1.62. The minimum Gasteiger partial charge on any atom is -0.494 e. The number of benzene rings is 1. The maximum absolute atomic E-state index is 13.5. The van der Waals surface area contributed by atoms with Crippen LogP contribution >= 0.6 is 0 Å². The standard InChI is InChI=1S/C14H19FN2O2/c1-14(6-3-7-17-14)9-16-13(18)10-4-5-12(19-2)11(15)8-10/h4-5,8,17H,3,6-7,9H2,1-2H3,(H,16,18). The van der Waals surface area contributed by atoms with E-state index in [0.717, 1.165) is 19.4 Å². The molecule has 5 heteroatoms. The lowest BCUT2D eigenvalue weighted by Crippen LogP contribution is -2.47. The van der Waals surface area contributed by atoms with Crippen LogP contribution in [0.5, 0.6) is 5.75 Å². The summed E-state index contributed by atoms with van der Waals surface area (Å²) in [5, 5.41) is 6.20. The first-order valence-corrected chi connectivity index (χ1v) is 6.41. The summed E-state index contributed by atoms with van der Waals surface area (Å²) >= 11 is 0. The number of rotatable bonds is 4. The van der Waals surface area contributed by atoms with Gasteiger partial charge in [-0.2, -0.15) is 0 Å². The molecule has 0 radical (unpaired) electrons. The van der Waals surface area contributed by atoms with Crippen molar-refractivity contribution >= 4 is 5.91 Å². The molecule has 2 rings (SSSR count). The van der Waals surface area contributed by atoms with Gasteiger partial charge in [-0.25, -0.2) is 4.39 Å². The van der Waals surface area contributed by atoms with Gasteiger partial charge in [0, 0.05) is 17.6 Å². The van der Waals surface area contributed by atoms with E-state index in [1.807, 2.05) is 0 Å². The summed E-state index contributed by atoms with van der Waals surface area (Å²) in [4.78, 5) is 11.9. The van der Waals surface area contributed by atoms with Crippen LogP contribution in [0.1, 0.15) is 30.1 Å². The topological polar surface area (TPSA) is 50.4 Å². The quantitative estimate of drug-likeness (QED) is 0.872. The summed E-state index contributed by atoms with van der Waals surface area (Å²) < 4.78 is 18.3. The summed E-state index contributed by atoms with van der Waals surface area (Å²) in [7, 11) is 1.39. The van der Waals surface area contributed by atoms with Crippen molar-refractivity contribution in [3.05, 3.63) is 29.6 Å². The fraction of sp³-hybridized carbons (Fsp3) is 0.500. The summed E-state index contributed by atoms with van der Waals surface area (Å²) in [5.41, 5.74) is 0.251. The van der Waals surface area contributed by atoms with E-state index in [4.69, 9.17) is 4.74 Å². The highest BCUT2D eigenvalue weighted by atomic mass is 19.1. The van der Waals surface area contributed by atoms with E-state index >= 15 is 0 Å². The van der Waals surface area contributed by atoms with Gasteiger partial charge in [-0.15, -0.1) is 0 Å². The molecule has 1 aliphatic heterocycles. The van der Waals surface area contributed by atoms with Gasteiger partial charge < -0.3 is 15.4 Å². The van der Waals surface area contributed by atoms with Crippen LogP contribution in [-0.4, -0.2) is 31.6 Å². The Morgan fingerprint density at radius 3 is 2.95 bits per heavy atom. The maximum Gasteiger partial charge on any atom is 0.251 e. The number of ether oxygens (including phenoxy) is 1. The van der Waals surface area contributed by atoms with E-state index in [-0.39, 0.29) is 17.2 Å². The Morgan fingerprint density at radius 1 is 1.58 bits per heavy atom. The number of carbonyl (C=O) groups is 1. The minimum absolute atomic E-state index is 0.0549. The van der Waals surface area contributed by atoms with Crippen LogP contribution in [0, 0.1) is 5.82 Å². The molecule has 1 saturated heterocycles. The smallest absolute Gasteiger partial charge is 0.251 e. The number of carbonyl (C=O) groups excluding carboxylic acids is 1. The lowest BCUT2D eigenvalue weighted by atomic mass is 10.0. The van der Waals surface area contributed by atoms with Gasteiger partial charge >= 0.3 is 0 Å². The average Bonchev–Trinajstić information content (AvgIpc) is 2.83. The molecular formula is C14H19FN2O2. The first-order valence-electron chi connectivity index (χ1n) is 6.41. The van der Waals surface area contributed by atoms with E-state index < -0.39 is 5.82 Å². The summed E-state index contributed by atoms with van der Waals surface area (Å²) in [6, 6.07) is 4.21. The second kappa shape index (κ2) is 5.57. The Kier molecular flexibility index (Phi) is 4.04. The van der Waals surface area contributed by atoms with Crippen LogP contribution in [0.3, 0.4) is 0 Å². The third-order valence-corrected chi connectivity index (χ3v) is 3.51. The largest absolute Gasteiger partial charge is 0.494 e. The van der Waals surface area contributed by atoms with Crippen molar-refractivity contribution in [1.82, 2.24) is 10.6 Å². The first-order chi connectivity index (χ1) is 9.04. The predicted molar refractivity (Wildman–Crippen MR) is 70.9 cm³/mol. The zero-order valence-electron chi connectivity index (χ0n) is 11.3. The number of amides is 1. The van der Waals surface area contributed by atoms with Crippen LogP contribution in [0.4, 0.5) is 4.39 Å². The van der Waals surface area contributed by atoms with Gasteiger partial charge in [0.2, 0.25) is 0 Å². The van der Waals surface area contributed by atoms with Crippen LogP contribution in [0.15, 0.2) is 18.2 Å². The molecule has 1 amide bonds. The number of hydrogen-bond acceptors (Lipinski definition) is 3. The van der Waals surface area contributed by atoms with Crippen LogP contribution in [-0.2, 0) is 0 Å². The van der Waals surface area contributed by atoms with Gasteiger partial charge in [0.15, 0.2) is 11.6 Å². The molecule has 1 aromatic rings. The highest BCUT2D eigenvalue weighted by Gasteiger charge is 2.28. The zero-order valence-corrected chi connectivity index (χ0v) is 11.3. The molecule has 1 fully saturated rings. The highest BCUT2D eigenvalue weighted by Crippen LogP contribution is 2.19. The van der Waals surface area contributed by atoms with E-state index in [9.17, 15) is 9.18 Å². The predicted octanol–water partition coefficient (Wildman–Crippen LogP) is 1.71.